The molecule has 2 nitrogen and oxygen atoms in total. The van der Waals surface area contributed by atoms with E-state index in [1.807, 2.05) is 0 Å². The zero-order chi connectivity index (χ0) is 11.5. The van der Waals surface area contributed by atoms with Crippen molar-refractivity contribution >= 4 is 5.69 Å². The Kier molecular flexibility index (Phi) is 3.49. The van der Waals surface area contributed by atoms with Crippen molar-refractivity contribution in [3.05, 3.63) is 29.3 Å². The largest absolute Gasteiger partial charge is 0.381 e. The molecule has 0 spiro atoms. The average molecular weight is 218 g/mol. The first-order valence-corrected chi connectivity index (χ1v) is 6.27. The molecule has 1 aliphatic rings. The number of benzene rings is 1. The number of hydrogen-bond acceptors (Lipinski definition) is 2. The Morgan fingerprint density at radius 3 is 2.69 bits per heavy atom. The molecule has 3 N–H and O–H groups in total. The Bertz CT molecular complexity index is 360. The van der Waals surface area contributed by atoms with Gasteiger partial charge in [0.1, 0.15) is 0 Å². The summed E-state index contributed by atoms with van der Waals surface area (Å²) >= 11 is 0. The number of aryl methyl sites for hydroxylation is 1. The van der Waals surface area contributed by atoms with Crippen molar-refractivity contribution in [1.82, 2.24) is 0 Å². The molecule has 0 amide bonds. The van der Waals surface area contributed by atoms with Crippen LogP contribution < -0.4 is 11.1 Å². The van der Waals surface area contributed by atoms with Crippen LogP contribution in [0.25, 0.3) is 0 Å². The highest BCUT2D eigenvalue weighted by atomic mass is 15.0. The summed E-state index contributed by atoms with van der Waals surface area (Å²) in [5, 5.41) is 3.61. The first-order chi connectivity index (χ1) is 7.68. The molecule has 2 rings (SSSR count). The molecule has 0 heterocycles. The zero-order valence-electron chi connectivity index (χ0n) is 10.3. The Morgan fingerprint density at radius 1 is 1.19 bits per heavy atom. The lowest BCUT2D eigenvalue weighted by Crippen LogP contribution is -2.42. The highest BCUT2D eigenvalue weighted by molar-refractivity contribution is 5.54. The number of hydrogen-bond donors (Lipinski definition) is 2. The van der Waals surface area contributed by atoms with Gasteiger partial charge in [-0.25, -0.2) is 0 Å². The molecule has 0 aliphatic heterocycles. The topological polar surface area (TPSA) is 38.0 Å². The summed E-state index contributed by atoms with van der Waals surface area (Å²) in [6.07, 6.45) is 4.94. The Morgan fingerprint density at radius 2 is 1.94 bits per heavy atom. The molecule has 0 saturated heterocycles. The monoisotopic (exact) mass is 218 g/mol. The Balaban J connectivity index is 2.10. The van der Waals surface area contributed by atoms with Gasteiger partial charge in [-0.2, -0.15) is 0 Å². The molecule has 0 bridgehead atoms. The minimum atomic E-state index is 0.314. The van der Waals surface area contributed by atoms with Gasteiger partial charge in [0.15, 0.2) is 0 Å². The fraction of sp³-hybridized carbons (Fsp3) is 0.571. The maximum atomic E-state index is 6.15. The number of rotatable bonds is 2. The van der Waals surface area contributed by atoms with E-state index in [4.69, 9.17) is 5.73 Å². The molecule has 1 aromatic carbocycles. The summed E-state index contributed by atoms with van der Waals surface area (Å²) in [5.74, 6) is 0. The third kappa shape index (κ3) is 2.38. The number of anilines is 1. The van der Waals surface area contributed by atoms with E-state index in [0.29, 0.717) is 12.1 Å². The number of nitrogens with one attached hydrogen (secondary N) is 1. The van der Waals surface area contributed by atoms with E-state index in [9.17, 15) is 0 Å². The maximum absolute atomic E-state index is 6.15. The molecular weight excluding hydrogens is 196 g/mol. The second-order valence-corrected chi connectivity index (χ2v) is 4.95. The van der Waals surface area contributed by atoms with Crippen molar-refractivity contribution < 1.29 is 0 Å². The molecule has 2 heteroatoms. The van der Waals surface area contributed by atoms with Gasteiger partial charge in [0.25, 0.3) is 0 Å². The average Bonchev–Trinajstić information content (AvgIpc) is 2.28. The van der Waals surface area contributed by atoms with Gasteiger partial charge in [-0.1, -0.05) is 25.0 Å². The van der Waals surface area contributed by atoms with Gasteiger partial charge < -0.3 is 11.1 Å². The molecule has 1 saturated carbocycles. The van der Waals surface area contributed by atoms with E-state index in [1.54, 1.807) is 0 Å². The second-order valence-electron chi connectivity index (χ2n) is 4.95. The lowest BCUT2D eigenvalue weighted by molar-refractivity contribution is 0.404. The highest BCUT2D eigenvalue weighted by Gasteiger charge is 2.21. The molecule has 0 radical (unpaired) electrons. The standard InChI is InChI=1S/C14H22N2/c1-10-6-5-9-13(11(10)2)16-14-8-4-3-7-12(14)15/h5-6,9,12,14,16H,3-4,7-8,15H2,1-2H3. The lowest BCUT2D eigenvalue weighted by Gasteiger charge is -2.30. The minimum absolute atomic E-state index is 0.314. The molecule has 2 unspecified atom stereocenters. The summed E-state index contributed by atoms with van der Waals surface area (Å²) in [7, 11) is 0. The van der Waals surface area contributed by atoms with Crippen LogP contribution in [0.1, 0.15) is 36.8 Å². The third-order valence-electron chi connectivity index (χ3n) is 3.76. The molecular formula is C14H22N2. The van der Waals surface area contributed by atoms with Crippen molar-refractivity contribution in [2.75, 3.05) is 5.32 Å². The zero-order valence-corrected chi connectivity index (χ0v) is 10.3. The van der Waals surface area contributed by atoms with E-state index in [1.165, 1.54) is 36.1 Å². The first kappa shape index (κ1) is 11.5. The van der Waals surface area contributed by atoms with Crippen LogP contribution >= 0.6 is 0 Å². The van der Waals surface area contributed by atoms with Gasteiger partial charge >= 0.3 is 0 Å². The minimum Gasteiger partial charge on any atom is -0.381 e. The molecule has 1 aliphatic carbocycles. The van der Waals surface area contributed by atoms with Crippen LogP contribution in [0.2, 0.25) is 0 Å². The molecule has 88 valence electrons. The van der Waals surface area contributed by atoms with E-state index in [0.717, 1.165) is 6.42 Å². The van der Waals surface area contributed by atoms with Crippen LogP contribution in [0, 0.1) is 13.8 Å². The van der Waals surface area contributed by atoms with Crippen LogP contribution in [-0.4, -0.2) is 12.1 Å². The van der Waals surface area contributed by atoms with Crippen molar-refractivity contribution in [2.24, 2.45) is 5.73 Å². The van der Waals surface area contributed by atoms with E-state index in [-0.39, 0.29) is 0 Å². The SMILES string of the molecule is Cc1cccc(NC2CCCCC2N)c1C. The molecule has 1 fully saturated rings. The first-order valence-electron chi connectivity index (χ1n) is 6.27. The summed E-state index contributed by atoms with van der Waals surface area (Å²) < 4.78 is 0. The lowest BCUT2D eigenvalue weighted by atomic mass is 9.90. The predicted octanol–water partition coefficient (Wildman–Crippen LogP) is 2.99. The van der Waals surface area contributed by atoms with E-state index in [2.05, 4.69) is 37.4 Å². The van der Waals surface area contributed by atoms with Crippen LogP contribution in [0.4, 0.5) is 5.69 Å². The van der Waals surface area contributed by atoms with Crippen LogP contribution in [0.15, 0.2) is 18.2 Å². The number of nitrogens with two attached hydrogens (primary N) is 1. The van der Waals surface area contributed by atoms with Crippen molar-refractivity contribution in [3.8, 4) is 0 Å². The Hall–Kier alpha value is -1.02. The Labute approximate surface area is 98.2 Å². The molecule has 2 atom stereocenters. The van der Waals surface area contributed by atoms with E-state index >= 15 is 0 Å². The predicted molar refractivity (Wildman–Crippen MR) is 69.8 cm³/mol. The summed E-state index contributed by atoms with van der Waals surface area (Å²) in [5.41, 5.74) is 10.1. The van der Waals surface area contributed by atoms with E-state index < -0.39 is 0 Å². The van der Waals surface area contributed by atoms with Gasteiger partial charge in [-0.05, 0) is 43.9 Å². The highest BCUT2D eigenvalue weighted by Crippen LogP contribution is 2.24. The van der Waals surface area contributed by atoms with Gasteiger partial charge in [0.05, 0.1) is 0 Å². The molecule has 1 aromatic rings. The normalized spacial score (nSPS) is 25.4. The fourth-order valence-electron chi connectivity index (χ4n) is 2.45. The van der Waals surface area contributed by atoms with Crippen LogP contribution in [0.3, 0.4) is 0 Å². The van der Waals surface area contributed by atoms with Gasteiger partial charge in [0, 0.05) is 17.8 Å². The fourth-order valence-corrected chi connectivity index (χ4v) is 2.45. The smallest absolute Gasteiger partial charge is 0.0412 e. The second kappa shape index (κ2) is 4.88. The molecule has 16 heavy (non-hydrogen) atoms. The summed E-state index contributed by atoms with van der Waals surface area (Å²) in [6.45, 7) is 4.33. The summed E-state index contributed by atoms with van der Waals surface area (Å²) in [4.78, 5) is 0. The third-order valence-corrected chi connectivity index (χ3v) is 3.76. The van der Waals surface area contributed by atoms with Gasteiger partial charge in [-0.15, -0.1) is 0 Å². The van der Waals surface area contributed by atoms with Crippen molar-refractivity contribution in [3.63, 3.8) is 0 Å². The van der Waals surface area contributed by atoms with Crippen LogP contribution in [-0.2, 0) is 0 Å². The quantitative estimate of drug-likeness (QED) is 0.801. The molecule has 0 aromatic heterocycles. The van der Waals surface area contributed by atoms with Crippen molar-refractivity contribution in [1.29, 1.82) is 0 Å². The van der Waals surface area contributed by atoms with Gasteiger partial charge in [0.2, 0.25) is 0 Å². The van der Waals surface area contributed by atoms with Gasteiger partial charge in [-0.3, -0.25) is 0 Å². The summed E-state index contributed by atoms with van der Waals surface area (Å²) in [6, 6.07) is 7.19. The van der Waals surface area contributed by atoms with Crippen molar-refractivity contribution in [2.45, 2.75) is 51.6 Å². The van der Waals surface area contributed by atoms with Crippen LogP contribution in [0.5, 0.6) is 0 Å². The maximum Gasteiger partial charge on any atom is 0.0412 e.